The smallest absolute Gasteiger partial charge is 0.313 e. The molecular weight excluding hydrogens is 236 g/mol. The van der Waals surface area contributed by atoms with Crippen LogP contribution in [-0.4, -0.2) is 35.8 Å². The van der Waals surface area contributed by atoms with E-state index in [0.717, 1.165) is 0 Å². The number of aromatic nitrogens is 1. The fraction of sp³-hybridized carbons (Fsp3) is 0.333. The van der Waals surface area contributed by atoms with Crippen molar-refractivity contribution >= 4 is 17.7 Å². The van der Waals surface area contributed by atoms with E-state index >= 15 is 0 Å². The molecule has 0 radical (unpaired) electrons. The molecule has 6 nitrogen and oxygen atoms in total. The first-order valence-corrected chi connectivity index (χ1v) is 5.43. The molecule has 1 N–H and O–H groups in total. The summed E-state index contributed by atoms with van der Waals surface area (Å²) in [5.41, 5.74) is 0.438. The average molecular weight is 250 g/mol. The topological polar surface area (TPSA) is 85.4 Å². The summed E-state index contributed by atoms with van der Waals surface area (Å²) in [4.78, 5) is 36.9. The van der Waals surface area contributed by atoms with Gasteiger partial charge in [0.1, 0.15) is 18.8 Å². The van der Waals surface area contributed by atoms with Gasteiger partial charge < -0.3 is 10.1 Å². The number of ether oxygens (including phenoxy) is 1. The Morgan fingerprint density at radius 3 is 2.78 bits per heavy atom. The fourth-order valence-electron chi connectivity index (χ4n) is 1.18. The number of esters is 1. The number of pyridine rings is 1. The molecule has 96 valence electrons. The van der Waals surface area contributed by atoms with Crippen molar-refractivity contribution in [3.05, 3.63) is 30.1 Å². The number of nitrogens with one attached hydrogen (secondary N) is 1. The number of rotatable bonds is 6. The van der Waals surface area contributed by atoms with Gasteiger partial charge in [0.05, 0.1) is 12.1 Å². The SMILES string of the molecule is CC(=O)CC(=O)OCCNC(=O)c1cccnc1. The summed E-state index contributed by atoms with van der Waals surface area (Å²) < 4.78 is 4.75. The first-order valence-electron chi connectivity index (χ1n) is 5.43. The third-order valence-corrected chi connectivity index (χ3v) is 1.97. The molecule has 1 rings (SSSR count). The lowest BCUT2D eigenvalue weighted by atomic mass is 10.3. The second-order valence-electron chi connectivity index (χ2n) is 3.60. The van der Waals surface area contributed by atoms with E-state index in [0.29, 0.717) is 5.56 Å². The summed E-state index contributed by atoms with van der Waals surface area (Å²) in [5.74, 6) is -1.12. The maximum Gasteiger partial charge on any atom is 0.313 e. The number of Topliss-reactive ketones (excluding diaryl/α,β-unsaturated/α-hetero) is 1. The minimum atomic E-state index is -0.585. The Bertz CT molecular complexity index is 431. The molecule has 6 heteroatoms. The van der Waals surface area contributed by atoms with Gasteiger partial charge in [-0.25, -0.2) is 0 Å². The Kier molecular flexibility index (Phi) is 5.50. The first-order chi connectivity index (χ1) is 8.59. The molecule has 0 aliphatic carbocycles. The highest BCUT2D eigenvalue weighted by molar-refractivity contribution is 5.94. The molecule has 0 saturated carbocycles. The molecule has 1 aromatic heterocycles. The second kappa shape index (κ2) is 7.16. The van der Waals surface area contributed by atoms with Crippen LogP contribution in [-0.2, 0) is 14.3 Å². The van der Waals surface area contributed by atoms with E-state index in [-0.39, 0.29) is 31.3 Å². The van der Waals surface area contributed by atoms with Crippen LogP contribution in [0.2, 0.25) is 0 Å². The van der Waals surface area contributed by atoms with Gasteiger partial charge in [0.2, 0.25) is 0 Å². The third kappa shape index (κ3) is 5.20. The number of carbonyl (C=O) groups is 3. The fourth-order valence-corrected chi connectivity index (χ4v) is 1.18. The van der Waals surface area contributed by atoms with E-state index in [1.54, 1.807) is 18.3 Å². The molecule has 1 aromatic rings. The van der Waals surface area contributed by atoms with Gasteiger partial charge in [-0.1, -0.05) is 0 Å². The number of amides is 1. The minimum absolute atomic E-state index is 0.0398. The second-order valence-corrected chi connectivity index (χ2v) is 3.60. The molecular formula is C12H14N2O4. The summed E-state index contributed by atoms with van der Waals surface area (Å²) >= 11 is 0. The van der Waals surface area contributed by atoms with Gasteiger partial charge in [-0.15, -0.1) is 0 Å². The van der Waals surface area contributed by atoms with E-state index in [2.05, 4.69) is 10.3 Å². The lowest BCUT2D eigenvalue weighted by Gasteiger charge is -2.05. The van der Waals surface area contributed by atoms with Crippen molar-refractivity contribution in [2.24, 2.45) is 0 Å². The van der Waals surface area contributed by atoms with Crippen LogP contribution < -0.4 is 5.32 Å². The maximum absolute atomic E-state index is 11.5. The number of carbonyl (C=O) groups excluding carboxylic acids is 3. The Balaban J connectivity index is 2.21. The summed E-state index contributed by atoms with van der Waals surface area (Å²) in [7, 11) is 0. The van der Waals surface area contributed by atoms with Crippen molar-refractivity contribution in [2.75, 3.05) is 13.2 Å². The van der Waals surface area contributed by atoms with Crippen LogP contribution >= 0.6 is 0 Å². The van der Waals surface area contributed by atoms with E-state index in [1.807, 2.05) is 0 Å². The zero-order chi connectivity index (χ0) is 13.4. The molecule has 0 aliphatic rings. The first kappa shape index (κ1) is 13.8. The van der Waals surface area contributed by atoms with E-state index in [1.165, 1.54) is 13.1 Å². The predicted octanol–water partition coefficient (Wildman–Crippen LogP) is 0.334. The van der Waals surface area contributed by atoms with Gasteiger partial charge in [0.15, 0.2) is 0 Å². The highest BCUT2D eigenvalue weighted by atomic mass is 16.5. The van der Waals surface area contributed by atoms with Gasteiger partial charge in [0.25, 0.3) is 5.91 Å². The van der Waals surface area contributed by atoms with Crippen LogP contribution in [0.1, 0.15) is 23.7 Å². The van der Waals surface area contributed by atoms with E-state index in [4.69, 9.17) is 4.74 Å². The van der Waals surface area contributed by atoms with Crippen molar-refractivity contribution in [1.29, 1.82) is 0 Å². The molecule has 0 saturated heterocycles. The van der Waals surface area contributed by atoms with Crippen LogP contribution in [0.3, 0.4) is 0 Å². The molecule has 1 amide bonds. The molecule has 0 aliphatic heterocycles. The van der Waals surface area contributed by atoms with Gasteiger partial charge in [-0.2, -0.15) is 0 Å². The van der Waals surface area contributed by atoms with Crippen molar-refractivity contribution in [2.45, 2.75) is 13.3 Å². The predicted molar refractivity (Wildman–Crippen MR) is 62.8 cm³/mol. The van der Waals surface area contributed by atoms with Gasteiger partial charge >= 0.3 is 5.97 Å². The lowest BCUT2D eigenvalue weighted by molar-refractivity contribution is -0.145. The highest BCUT2D eigenvalue weighted by Crippen LogP contribution is 1.94. The van der Waals surface area contributed by atoms with Gasteiger partial charge in [-0.3, -0.25) is 19.4 Å². The van der Waals surface area contributed by atoms with Crippen molar-refractivity contribution in [3.8, 4) is 0 Å². The summed E-state index contributed by atoms with van der Waals surface area (Å²) in [6.45, 7) is 1.54. The Labute approximate surface area is 104 Å². The molecule has 0 fully saturated rings. The van der Waals surface area contributed by atoms with Crippen LogP contribution in [0, 0.1) is 0 Å². The zero-order valence-corrected chi connectivity index (χ0v) is 10.0. The third-order valence-electron chi connectivity index (χ3n) is 1.97. The molecule has 0 unspecified atom stereocenters. The Hall–Kier alpha value is -2.24. The standard InChI is InChI=1S/C12H14N2O4/c1-9(15)7-11(16)18-6-5-14-12(17)10-3-2-4-13-8-10/h2-4,8H,5-7H2,1H3,(H,14,17). The summed E-state index contributed by atoms with van der Waals surface area (Å²) in [5, 5.41) is 2.57. The minimum Gasteiger partial charge on any atom is -0.463 e. The monoisotopic (exact) mass is 250 g/mol. The van der Waals surface area contributed by atoms with Crippen LogP contribution in [0.15, 0.2) is 24.5 Å². The molecule has 1 heterocycles. The van der Waals surface area contributed by atoms with E-state index in [9.17, 15) is 14.4 Å². The maximum atomic E-state index is 11.5. The highest BCUT2D eigenvalue weighted by Gasteiger charge is 2.07. The normalized spacial score (nSPS) is 9.61. The molecule has 0 atom stereocenters. The lowest BCUT2D eigenvalue weighted by Crippen LogP contribution is -2.28. The van der Waals surface area contributed by atoms with Crippen LogP contribution in [0.4, 0.5) is 0 Å². The summed E-state index contributed by atoms with van der Waals surface area (Å²) in [6, 6.07) is 3.28. The summed E-state index contributed by atoms with van der Waals surface area (Å²) in [6.07, 6.45) is 2.77. The van der Waals surface area contributed by atoms with Crippen molar-refractivity contribution in [3.63, 3.8) is 0 Å². The molecule has 0 bridgehead atoms. The average Bonchev–Trinajstić information content (AvgIpc) is 2.34. The molecule has 0 spiro atoms. The largest absolute Gasteiger partial charge is 0.463 e. The van der Waals surface area contributed by atoms with Gasteiger partial charge in [-0.05, 0) is 19.1 Å². The van der Waals surface area contributed by atoms with Gasteiger partial charge in [0, 0.05) is 12.4 Å². The Morgan fingerprint density at radius 1 is 1.39 bits per heavy atom. The zero-order valence-electron chi connectivity index (χ0n) is 10.0. The number of hydrogen-bond donors (Lipinski definition) is 1. The van der Waals surface area contributed by atoms with Crippen LogP contribution in [0.25, 0.3) is 0 Å². The number of nitrogens with zero attached hydrogens (tertiary/aromatic N) is 1. The van der Waals surface area contributed by atoms with Crippen molar-refractivity contribution < 1.29 is 19.1 Å². The van der Waals surface area contributed by atoms with Crippen molar-refractivity contribution in [1.82, 2.24) is 10.3 Å². The van der Waals surface area contributed by atoms with E-state index < -0.39 is 5.97 Å². The number of hydrogen-bond acceptors (Lipinski definition) is 5. The van der Waals surface area contributed by atoms with Crippen LogP contribution in [0.5, 0.6) is 0 Å². The quantitative estimate of drug-likeness (QED) is 0.447. The molecule has 0 aromatic carbocycles. The Morgan fingerprint density at radius 2 is 2.17 bits per heavy atom. The number of ketones is 1. The molecule has 18 heavy (non-hydrogen) atoms.